The standard InChI is InChI=1S/C18H20O6/c1-6-7-24-14-9-11(18(19)23-5)8-12-13(20-2)10-15(21-3)17(22-4)16(12)14/h6,8-10H,1,7H2,2-5H3. The minimum Gasteiger partial charge on any atom is -0.496 e. The van der Waals surface area contributed by atoms with E-state index in [9.17, 15) is 4.79 Å². The smallest absolute Gasteiger partial charge is 0.338 e. The van der Waals surface area contributed by atoms with E-state index in [4.69, 9.17) is 23.7 Å². The molecule has 2 aromatic carbocycles. The number of hydrogen-bond acceptors (Lipinski definition) is 6. The van der Waals surface area contributed by atoms with Gasteiger partial charge in [0.15, 0.2) is 11.5 Å². The molecule has 6 heteroatoms. The first kappa shape index (κ1) is 17.5. The van der Waals surface area contributed by atoms with Crippen molar-refractivity contribution in [2.24, 2.45) is 0 Å². The van der Waals surface area contributed by atoms with Gasteiger partial charge in [-0.1, -0.05) is 12.7 Å². The van der Waals surface area contributed by atoms with Crippen molar-refractivity contribution < 1.29 is 28.5 Å². The van der Waals surface area contributed by atoms with E-state index in [1.807, 2.05) is 0 Å². The molecule has 0 bridgehead atoms. The van der Waals surface area contributed by atoms with E-state index in [0.717, 1.165) is 0 Å². The minimum absolute atomic E-state index is 0.266. The summed E-state index contributed by atoms with van der Waals surface area (Å²) in [5.41, 5.74) is 0.342. The van der Waals surface area contributed by atoms with Crippen LogP contribution in [0.5, 0.6) is 23.0 Å². The van der Waals surface area contributed by atoms with Crippen LogP contribution >= 0.6 is 0 Å². The van der Waals surface area contributed by atoms with Crippen LogP contribution in [0.15, 0.2) is 30.9 Å². The number of carbonyl (C=O) groups excluding carboxylic acids is 1. The predicted octanol–water partition coefficient (Wildman–Crippen LogP) is 3.22. The summed E-state index contributed by atoms with van der Waals surface area (Å²) in [4.78, 5) is 12.0. The molecule has 0 atom stereocenters. The van der Waals surface area contributed by atoms with Crippen LogP contribution in [0.3, 0.4) is 0 Å². The van der Waals surface area contributed by atoms with Crippen molar-refractivity contribution in [3.63, 3.8) is 0 Å². The molecule has 0 saturated heterocycles. The lowest BCUT2D eigenvalue weighted by Crippen LogP contribution is -2.04. The lowest BCUT2D eigenvalue weighted by atomic mass is 10.0. The number of hydrogen-bond donors (Lipinski definition) is 0. The summed E-state index contributed by atoms with van der Waals surface area (Å²) in [6, 6.07) is 4.96. The van der Waals surface area contributed by atoms with Gasteiger partial charge in [0, 0.05) is 11.5 Å². The fourth-order valence-corrected chi connectivity index (χ4v) is 2.45. The summed E-state index contributed by atoms with van der Waals surface area (Å²) < 4.78 is 26.8. The van der Waals surface area contributed by atoms with Gasteiger partial charge in [0.1, 0.15) is 18.1 Å². The highest BCUT2D eigenvalue weighted by molar-refractivity contribution is 6.04. The highest BCUT2D eigenvalue weighted by atomic mass is 16.5. The van der Waals surface area contributed by atoms with Crippen molar-refractivity contribution in [1.29, 1.82) is 0 Å². The quantitative estimate of drug-likeness (QED) is 0.573. The van der Waals surface area contributed by atoms with Crippen molar-refractivity contribution in [2.45, 2.75) is 0 Å². The van der Waals surface area contributed by atoms with Crippen LogP contribution in [-0.2, 0) is 4.74 Å². The van der Waals surface area contributed by atoms with E-state index in [-0.39, 0.29) is 6.61 Å². The zero-order valence-electron chi connectivity index (χ0n) is 14.2. The van der Waals surface area contributed by atoms with Gasteiger partial charge in [-0.25, -0.2) is 4.79 Å². The molecule has 2 rings (SSSR count). The first-order chi connectivity index (χ1) is 11.6. The van der Waals surface area contributed by atoms with Gasteiger partial charge in [0.05, 0.1) is 39.4 Å². The Bertz CT molecular complexity index is 766. The van der Waals surface area contributed by atoms with Crippen LogP contribution in [0.2, 0.25) is 0 Å². The molecule has 0 radical (unpaired) electrons. The largest absolute Gasteiger partial charge is 0.496 e. The maximum atomic E-state index is 12.0. The molecule has 0 spiro atoms. The van der Waals surface area contributed by atoms with Crippen LogP contribution in [0.25, 0.3) is 10.8 Å². The fourth-order valence-electron chi connectivity index (χ4n) is 2.45. The number of benzene rings is 2. The third-order valence-electron chi connectivity index (χ3n) is 3.50. The van der Waals surface area contributed by atoms with Gasteiger partial charge in [-0.3, -0.25) is 0 Å². The van der Waals surface area contributed by atoms with Gasteiger partial charge in [0.25, 0.3) is 0 Å². The molecule has 0 amide bonds. The monoisotopic (exact) mass is 332 g/mol. The van der Waals surface area contributed by atoms with Crippen molar-refractivity contribution >= 4 is 16.7 Å². The normalized spacial score (nSPS) is 10.2. The minimum atomic E-state index is -0.475. The number of fused-ring (bicyclic) bond motifs is 1. The molecule has 6 nitrogen and oxygen atoms in total. The number of methoxy groups -OCH3 is 4. The summed E-state index contributed by atoms with van der Waals surface area (Å²) in [5.74, 6) is 1.48. The molecule has 2 aromatic rings. The third kappa shape index (κ3) is 3.08. The highest BCUT2D eigenvalue weighted by Crippen LogP contribution is 2.46. The van der Waals surface area contributed by atoms with Crippen molar-refractivity contribution in [3.05, 3.63) is 36.4 Å². The van der Waals surface area contributed by atoms with Crippen molar-refractivity contribution in [1.82, 2.24) is 0 Å². The molecular formula is C18H20O6. The molecule has 0 aliphatic rings. The molecular weight excluding hydrogens is 312 g/mol. The average Bonchev–Trinajstić information content (AvgIpc) is 2.63. The van der Waals surface area contributed by atoms with Gasteiger partial charge < -0.3 is 23.7 Å². The lowest BCUT2D eigenvalue weighted by Gasteiger charge is -2.17. The Balaban J connectivity index is 2.89. The van der Waals surface area contributed by atoms with Crippen LogP contribution < -0.4 is 18.9 Å². The molecule has 0 fully saturated rings. The molecule has 0 aliphatic carbocycles. The summed E-state index contributed by atoms with van der Waals surface area (Å²) in [7, 11) is 5.93. The van der Waals surface area contributed by atoms with Crippen LogP contribution in [-0.4, -0.2) is 41.0 Å². The summed E-state index contributed by atoms with van der Waals surface area (Å²) in [6.45, 7) is 3.91. The molecule has 0 saturated carbocycles. The summed E-state index contributed by atoms with van der Waals surface area (Å²) in [5, 5.41) is 1.29. The second kappa shape index (κ2) is 7.59. The van der Waals surface area contributed by atoms with E-state index < -0.39 is 5.97 Å². The first-order valence-corrected chi connectivity index (χ1v) is 7.19. The van der Waals surface area contributed by atoms with E-state index in [0.29, 0.717) is 39.3 Å². The van der Waals surface area contributed by atoms with Crippen LogP contribution in [0, 0.1) is 0 Å². The molecule has 0 heterocycles. The van der Waals surface area contributed by atoms with E-state index in [1.165, 1.54) is 28.4 Å². The SMILES string of the molecule is C=CCOc1cc(C(=O)OC)cc2c(OC)cc(OC)c(OC)c12. The van der Waals surface area contributed by atoms with Crippen molar-refractivity contribution in [3.8, 4) is 23.0 Å². The topological polar surface area (TPSA) is 63.2 Å². The Kier molecular flexibility index (Phi) is 5.52. The molecule has 24 heavy (non-hydrogen) atoms. The fraction of sp³-hybridized carbons (Fsp3) is 0.278. The Hall–Kier alpha value is -2.89. The zero-order valence-corrected chi connectivity index (χ0v) is 14.2. The van der Waals surface area contributed by atoms with Crippen LogP contribution in [0.1, 0.15) is 10.4 Å². The maximum absolute atomic E-state index is 12.0. The molecule has 0 aliphatic heterocycles. The third-order valence-corrected chi connectivity index (χ3v) is 3.50. The first-order valence-electron chi connectivity index (χ1n) is 7.19. The zero-order chi connectivity index (χ0) is 17.7. The predicted molar refractivity (Wildman–Crippen MR) is 90.6 cm³/mol. The Morgan fingerprint density at radius 2 is 1.71 bits per heavy atom. The molecule has 128 valence electrons. The lowest BCUT2D eigenvalue weighted by molar-refractivity contribution is 0.0600. The van der Waals surface area contributed by atoms with E-state index in [1.54, 1.807) is 24.3 Å². The van der Waals surface area contributed by atoms with Gasteiger partial charge in [-0.2, -0.15) is 0 Å². The van der Waals surface area contributed by atoms with Crippen LogP contribution in [0.4, 0.5) is 0 Å². The summed E-state index contributed by atoms with van der Waals surface area (Å²) in [6.07, 6.45) is 1.61. The number of rotatable bonds is 7. The highest BCUT2D eigenvalue weighted by Gasteiger charge is 2.21. The Morgan fingerprint density at radius 1 is 1.00 bits per heavy atom. The van der Waals surface area contributed by atoms with E-state index in [2.05, 4.69) is 6.58 Å². The average molecular weight is 332 g/mol. The molecule has 0 unspecified atom stereocenters. The Labute approximate surface area is 140 Å². The summed E-state index contributed by atoms with van der Waals surface area (Å²) >= 11 is 0. The van der Waals surface area contributed by atoms with Gasteiger partial charge in [-0.05, 0) is 12.1 Å². The van der Waals surface area contributed by atoms with Gasteiger partial charge >= 0.3 is 5.97 Å². The second-order valence-corrected chi connectivity index (χ2v) is 4.80. The molecule has 0 N–H and O–H groups in total. The maximum Gasteiger partial charge on any atom is 0.338 e. The molecule has 0 aromatic heterocycles. The number of esters is 1. The Morgan fingerprint density at radius 3 is 2.25 bits per heavy atom. The van der Waals surface area contributed by atoms with Gasteiger partial charge in [-0.15, -0.1) is 0 Å². The van der Waals surface area contributed by atoms with Gasteiger partial charge in [0.2, 0.25) is 0 Å². The van der Waals surface area contributed by atoms with E-state index >= 15 is 0 Å². The number of carbonyl (C=O) groups is 1. The second-order valence-electron chi connectivity index (χ2n) is 4.80. The number of ether oxygens (including phenoxy) is 5. The van der Waals surface area contributed by atoms with Crippen molar-refractivity contribution in [2.75, 3.05) is 35.0 Å².